The average molecular weight is 503 g/mol. The number of carbonyl (C=O) groups is 1. The smallest absolute Gasteiger partial charge is 0.407 e. The predicted molar refractivity (Wildman–Crippen MR) is 135 cm³/mol. The van der Waals surface area contributed by atoms with E-state index in [-0.39, 0.29) is 6.04 Å². The third kappa shape index (κ3) is 5.07. The maximum absolute atomic E-state index is 13.2. The molecule has 10 nitrogen and oxygen atoms in total. The van der Waals surface area contributed by atoms with E-state index in [2.05, 4.69) is 5.32 Å². The summed E-state index contributed by atoms with van der Waals surface area (Å²) < 4.78 is 9.69. The molecule has 0 saturated carbocycles. The molecule has 35 heavy (non-hydrogen) atoms. The number of halogens is 1. The quantitative estimate of drug-likeness (QED) is 0.588. The van der Waals surface area contributed by atoms with E-state index in [4.69, 9.17) is 21.3 Å². The molecular weight excluding hydrogens is 472 g/mol. The molecule has 0 radical (unpaired) electrons. The second kappa shape index (κ2) is 9.41. The molecule has 0 aliphatic carbocycles. The van der Waals surface area contributed by atoms with Crippen molar-refractivity contribution in [1.29, 1.82) is 0 Å². The highest BCUT2D eigenvalue weighted by molar-refractivity contribution is 6.31. The molecule has 1 aromatic carbocycles. The molecule has 1 amide bonds. The Balaban J connectivity index is 1.76. The highest BCUT2D eigenvalue weighted by atomic mass is 35.5. The van der Waals surface area contributed by atoms with E-state index < -0.39 is 22.9 Å². The number of rotatable bonds is 4. The van der Waals surface area contributed by atoms with Gasteiger partial charge in [-0.3, -0.25) is 18.5 Å². The molecule has 1 fully saturated rings. The van der Waals surface area contributed by atoms with Crippen LogP contribution in [0.3, 0.4) is 0 Å². The number of amides is 1. The maximum atomic E-state index is 13.2. The van der Waals surface area contributed by atoms with E-state index in [9.17, 15) is 14.4 Å². The number of carbonyl (C=O) groups excluding carboxylic acids is 1. The molecule has 2 aromatic heterocycles. The van der Waals surface area contributed by atoms with Gasteiger partial charge in [0.05, 0.1) is 6.54 Å². The van der Waals surface area contributed by atoms with Crippen LogP contribution in [0.5, 0.6) is 0 Å². The van der Waals surface area contributed by atoms with Crippen LogP contribution in [0.1, 0.15) is 39.2 Å². The number of anilines is 1. The first kappa shape index (κ1) is 24.8. The molecule has 188 valence electrons. The molecule has 0 spiro atoms. The first-order chi connectivity index (χ1) is 16.5. The number of nitrogens with zero attached hydrogens (tertiary/aromatic N) is 5. The number of aryl methyl sites for hydroxylation is 1. The van der Waals surface area contributed by atoms with Gasteiger partial charge < -0.3 is 15.0 Å². The first-order valence-electron chi connectivity index (χ1n) is 11.6. The highest BCUT2D eigenvalue weighted by Gasteiger charge is 2.29. The van der Waals surface area contributed by atoms with Gasteiger partial charge in [0, 0.05) is 38.2 Å². The van der Waals surface area contributed by atoms with Crippen molar-refractivity contribution in [3.63, 3.8) is 0 Å². The van der Waals surface area contributed by atoms with Crippen LogP contribution < -0.4 is 21.5 Å². The van der Waals surface area contributed by atoms with E-state index in [0.717, 1.165) is 23.0 Å². The van der Waals surface area contributed by atoms with Crippen LogP contribution in [0, 0.1) is 0 Å². The average Bonchev–Trinajstić information content (AvgIpc) is 3.16. The minimum atomic E-state index is -0.591. The Bertz CT molecular complexity index is 1380. The van der Waals surface area contributed by atoms with Crippen LogP contribution in [0.4, 0.5) is 10.7 Å². The summed E-state index contributed by atoms with van der Waals surface area (Å²) in [5, 5.41) is 3.52. The molecule has 3 aromatic rings. The fraction of sp³-hybridized carbons (Fsp3) is 0.500. The largest absolute Gasteiger partial charge is 0.444 e. The van der Waals surface area contributed by atoms with Crippen LogP contribution in [0.15, 0.2) is 33.9 Å². The Kier molecular flexibility index (Phi) is 6.68. The number of benzene rings is 1. The molecule has 3 heterocycles. The number of hydrogen-bond acceptors (Lipinski definition) is 6. The number of imidazole rings is 1. The summed E-state index contributed by atoms with van der Waals surface area (Å²) in [4.78, 5) is 44.9. The van der Waals surface area contributed by atoms with E-state index in [0.29, 0.717) is 41.8 Å². The normalized spacial score (nSPS) is 16.5. The van der Waals surface area contributed by atoms with Gasteiger partial charge in [-0.15, -0.1) is 0 Å². The van der Waals surface area contributed by atoms with E-state index in [1.165, 1.54) is 11.6 Å². The number of piperidine rings is 1. The minimum Gasteiger partial charge on any atom is -0.444 e. The van der Waals surface area contributed by atoms with Gasteiger partial charge in [-0.25, -0.2) is 9.59 Å². The minimum absolute atomic E-state index is 0.154. The molecule has 1 N–H and O–H groups in total. The summed E-state index contributed by atoms with van der Waals surface area (Å²) in [5.74, 6) is 0.550. The van der Waals surface area contributed by atoms with E-state index in [1.807, 2.05) is 48.4 Å². The van der Waals surface area contributed by atoms with Crippen molar-refractivity contribution in [1.82, 2.24) is 24.0 Å². The SMILES string of the molecule is Cn1c(=O)c2c(nc(N3CCC[C@@H](NC(=O)OC(C)(C)C)C3)n2Cc2ccccc2Cl)n(C)c1=O. The van der Waals surface area contributed by atoms with E-state index >= 15 is 0 Å². The molecule has 1 saturated heterocycles. The number of hydrogen-bond donors (Lipinski definition) is 1. The standard InChI is InChI=1S/C24H31ClN6O4/c1-24(2,3)35-22(33)26-16-10-8-12-30(14-16)21-27-19-18(20(32)29(5)23(34)28(19)4)31(21)13-15-9-6-7-11-17(15)25/h6-7,9,11,16H,8,10,12-14H2,1-5H3,(H,26,33)/t16-/m1/s1. The summed E-state index contributed by atoms with van der Waals surface area (Å²) in [7, 11) is 3.06. The summed E-state index contributed by atoms with van der Waals surface area (Å²) in [5.41, 5.74) is 0.000683. The zero-order chi connectivity index (χ0) is 25.5. The van der Waals surface area contributed by atoms with Gasteiger partial charge in [0.1, 0.15) is 5.60 Å². The molecule has 0 bridgehead atoms. The van der Waals surface area contributed by atoms with Crippen LogP contribution in [0.25, 0.3) is 11.2 Å². The van der Waals surface area contributed by atoms with Gasteiger partial charge in [-0.05, 0) is 45.2 Å². The van der Waals surface area contributed by atoms with Gasteiger partial charge in [0.15, 0.2) is 11.2 Å². The number of nitrogens with one attached hydrogen (secondary N) is 1. The number of alkyl carbamates (subject to hydrolysis) is 1. The van der Waals surface area contributed by atoms with Crippen molar-refractivity contribution < 1.29 is 9.53 Å². The lowest BCUT2D eigenvalue weighted by molar-refractivity contribution is 0.0500. The lowest BCUT2D eigenvalue weighted by Gasteiger charge is -2.34. The highest BCUT2D eigenvalue weighted by Crippen LogP contribution is 2.26. The second-order valence-corrected chi connectivity index (χ2v) is 10.3. The van der Waals surface area contributed by atoms with Crippen LogP contribution >= 0.6 is 11.6 Å². The predicted octanol–water partition coefficient (Wildman–Crippen LogP) is 2.63. The van der Waals surface area contributed by atoms with Gasteiger partial charge in [0.25, 0.3) is 5.56 Å². The number of fused-ring (bicyclic) bond motifs is 1. The summed E-state index contributed by atoms with van der Waals surface area (Å²) in [6.07, 6.45) is 1.14. The van der Waals surface area contributed by atoms with Gasteiger partial charge in [-0.1, -0.05) is 29.8 Å². The van der Waals surface area contributed by atoms with Crippen molar-refractivity contribution in [2.75, 3.05) is 18.0 Å². The summed E-state index contributed by atoms with van der Waals surface area (Å²) in [6, 6.07) is 7.27. The Morgan fingerprint density at radius 1 is 1.20 bits per heavy atom. The summed E-state index contributed by atoms with van der Waals surface area (Å²) in [6.45, 7) is 6.94. The molecule has 0 unspecified atom stereocenters. The van der Waals surface area contributed by atoms with Gasteiger partial charge in [0.2, 0.25) is 5.95 Å². The lowest BCUT2D eigenvalue weighted by Crippen LogP contribution is -2.49. The molecule has 1 atom stereocenters. The first-order valence-corrected chi connectivity index (χ1v) is 12.0. The van der Waals surface area contributed by atoms with Crippen LogP contribution in [-0.4, -0.2) is 49.5 Å². The Morgan fingerprint density at radius 2 is 1.91 bits per heavy atom. The topological polar surface area (TPSA) is 103 Å². The van der Waals surface area contributed by atoms with Crippen molar-refractivity contribution in [2.45, 2.75) is 51.8 Å². The lowest BCUT2D eigenvalue weighted by atomic mass is 10.1. The summed E-state index contributed by atoms with van der Waals surface area (Å²) >= 11 is 6.44. The molecule has 1 aliphatic rings. The Morgan fingerprint density at radius 3 is 2.60 bits per heavy atom. The molecular formula is C24H31ClN6O4. The number of aromatic nitrogens is 4. The van der Waals surface area contributed by atoms with Crippen molar-refractivity contribution in [3.05, 3.63) is 55.7 Å². The fourth-order valence-electron chi connectivity index (χ4n) is 4.37. The zero-order valence-corrected chi connectivity index (χ0v) is 21.4. The molecule has 4 rings (SSSR count). The van der Waals surface area contributed by atoms with Gasteiger partial charge in [-0.2, -0.15) is 4.98 Å². The van der Waals surface area contributed by atoms with E-state index in [1.54, 1.807) is 13.1 Å². The van der Waals surface area contributed by atoms with Crippen molar-refractivity contribution >= 4 is 34.8 Å². The maximum Gasteiger partial charge on any atom is 0.407 e. The Labute approximate surface area is 208 Å². The van der Waals surface area contributed by atoms with Crippen molar-refractivity contribution in [3.8, 4) is 0 Å². The van der Waals surface area contributed by atoms with Crippen LogP contribution in [-0.2, 0) is 25.4 Å². The van der Waals surface area contributed by atoms with Crippen LogP contribution in [0.2, 0.25) is 5.02 Å². The number of ether oxygens (including phenoxy) is 1. The molecule has 1 aliphatic heterocycles. The zero-order valence-electron chi connectivity index (χ0n) is 20.7. The second-order valence-electron chi connectivity index (χ2n) is 9.90. The monoisotopic (exact) mass is 502 g/mol. The third-order valence-corrected chi connectivity index (χ3v) is 6.41. The third-order valence-electron chi connectivity index (χ3n) is 6.04. The van der Waals surface area contributed by atoms with Gasteiger partial charge >= 0.3 is 11.8 Å². The van der Waals surface area contributed by atoms with Crippen molar-refractivity contribution in [2.24, 2.45) is 14.1 Å². The Hall–Kier alpha value is -3.27. The fourth-order valence-corrected chi connectivity index (χ4v) is 4.57. The molecule has 11 heteroatoms.